The Bertz CT molecular complexity index is 476. The zero-order valence-electron chi connectivity index (χ0n) is 12.2. The Morgan fingerprint density at radius 1 is 1.60 bits per heavy atom. The highest BCUT2D eigenvalue weighted by Gasteiger charge is 2.42. The number of nitrogens with zero attached hydrogens (tertiary/aromatic N) is 4. The first kappa shape index (κ1) is 15.2. The molecule has 1 aliphatic rings. The number of tetrazole rings is 1. The lowest BCUT2D eigenvalue weighted by Gasteiger charge is -2.40. The van der Waals surface area contributed by atoms with E-state index in [1.165, 1.54) is 0 Å². The quantitative estimate of drug-likeness (QED) is 0.819. The number of thioether (sulfide) groups is 1. The molecule has 1 amide bonds. The van der Waals surface area contributed by atoms with E-state index in [9.17, 15) is 4.79 Å². The molecule has 0 aliphatic heterocycles. The van der Waals surface area contributed by atoms with Gasteiger partial charge in [-0.1, -0.05) is 11.8 Å². The SMILES string of the molecule is CC(C)NC1(C(N)=O)CCCC(Sc2nnnn2C)C1. The van der Waals surface area contributed by atoms with Crippen LogP contribution < -0.4 is 11.1 Å². The van der Waals surface area contributed by atoms with Gasteiger partial charge in [-0.3, -0.25) is 4.79 Å². The van der Waals surface area contributed by atoms with Gasteiger partial charge in [0.05, 0.1) is 5.54 Å². The highest BCUT2D eigenvalue weighted by Crippen LogP contribution is 2.37. The van der Waals surface area contributed by atoms with Crippen molar-refractivity contribution in [3.8, 4) is 0 Å². The number of nitrogens with two attached hydrogens (primary N) is 1. The third-order valence-corrected chi connectivity index (χ3v) is 4.89. The van der Waals surface area contributed by atoms with Crippen LogP contribution in [0.1, 0.15) is 39.5 Å². The first-order chi connectivity index (χ1) is 9.43. The fourth-order valence-corrected chi connectivity index (χ4v) is 4.00. The summed E-state index contributed by atoms with van der Waals surface area (Å²) in [6.45, 7) is 4.07. The maximum absolute atomic E-state index is 11.9. The van der Waals surface area contributed by atoms with Gasteiger partial charge in [0, 0.05) is 18.3 Å². The van der Waals surface area contributed by atoms with Crippen molar-refractivity contribution in [2.75, 3.05) is 0 Å². The molecule has 0 radical (unpaired) electrons. The van der Waals surface area contributed by atoms with Crippen molar-refractivity contribution in [2.24, 2.45) is 12.8 Å². The van der Waals surface area contributed by atoms with Gasteiger partial charge in [0.1, 0.15) is 0 Å². The number of nitrogens with one attached hydrogen (secondary N) is 1. The average molecular weight is 298 g/mol. The second-order valence-corrected chi connectivity index (χ2v) is 6.93. The van der Waals surface area contributed by atoms with Crippen LogP contribution in [0.15, 0.2) is 5.16 Å². The summed E-state index contributed by atoms with van der Waals surface area (Å²) < 4.78 is 1.65. The zero-order chi connectivity index (χ0) is 14.8. The molecular weight excluding hydrogens is 276 g/mol. The Hall–Kier alpha value is -1.15. The van der Waals surface area contributed by atoms with Crippen molar-refractivity contribution in [1.82, 2.24) is 25.5 Å². The first-order valence-corrected chi connectivity index (χ1v) is 7.77. The smallest absolute Gasteiger partial charge is 0.237 e. The fourth-order valence-electron chi connectivity index (χ4n) is 2.77. The van der Waals surface area contributed by atoms with Gasteiger partial charge in [-0.05, 0) is 50.0 Å². The van der Waals surface area contributed by atoms with Crippen LogP contribution >= 0.6 is 11.8 Å². The van der Waals surface area contributed by atoms with Crippen molar-refractivity contribution in [2.45, 2.75) is 61.5 Å². The van der Waals surface area contributed by atoms with Crippen LogP contribution in [-0.2, 0) is 11.8 Å². The standard InChI is InChI=1S/C12H22N6OS/c1-8(2)14-12(10(13)19)6-4-5-9(7-12)20-11-15-16-17-18(11)3/h8-9,14H,4-7H2,1-3H3,(H2,13,19). The van der Waals surface area contributed by atoms with E-state index in [1.807, 2.05) is 20.9 Å². The van der Waals surface area contributed by atoms with E-state index < -0.39 is 5.54 Å². The minimum absolute atomic E-state index is 0.225. The van der Waals surface area contributed by atoms with Gasteiger partial charge in [0.25, 0.3) is 0 Å². The lowest BCUT2D eigenvalue weighted by atomic mass is 9.80. The molecule has 0 bridgehead atoms. The number of carbonyl (C=O) groups is 1. The van der Waals surface area contributed by atoms with E-state index in [4.69, 9.17) is 5.73 Å². The van der Waals surface area contributed by atoms with Crippen molar-refractivity contribution in [1.29, 1.82) is 0 Å². The van der Waals surface area contributed by atoms with E-state index in [2.05, 4.69) is 20.8 Å². The van der Waals surface area contributed by atoms with Crippen molar-refractivity contribution < 1.29 is 4.79 Å². The molecule has 0 spiro atoms. The van der Waals surface area contributed by atoms with Crippen molar-refractivity contribution in [3.63, 3.8) is 0 Å². The van der Waals surface area contributed by atoms with Crippen molar-refractivity contribution in [3.05, 3.63) is 0 Å². The predicted molar refractivity (Wildman–Crippen MR) is 77.1 cm³/mol. The molecule has 0 aromatic carbocycles. The van der Waals surface area contributed by atoms with Gasteiger partial charge in [-0.15, -0.1) is 5.10 Å². The van der Waals surface area contributed by atoms with Crippen LogP contribution in [0.5, 0.6) is 0 Å². The molecule has 0 saturated heterocycles. The molecular formula is C12H22N6OS. The maximum atomic E-state index is 11.9. The molecule has 1 aliphatic carbocycles. The van der Waals surface area contributed by atoms with Crippen molar-refractivity contribution >= 4 is 17.7 Å². The topological polar surface area (TPSA) is 98.7 Å². The van der Waals surface area contributed by atoms with Crippen LogP contribution in [0.4, 0.5) is 0 Å². The number of carbonyl (C=O) groups excluding carboxylic acids is 1. The van der Waals surface area contributed by atoms with Gasteiger partial charge < -0.3 is 11.1 Å². The predicted octanol–water partition coefficient (Wildman–Crippen LogP) is 0.467. The first-order valence-electron chi connectivity index (χ1n) is 6.89. The summed E-state index contributed by atoms with van der Waals surface area (Å²) in [5, 5.41) is 15.9. The Labute approximate surface area is 123 Å². The minimum Gasteiger partial charge on any atom is -0.368 e. The van der Waals surface area contributed by atoms with E-state index in [0.717, 1.165) is 30.8 Å². The third-order valence-electron chi connectivity index (χ3n) is 3.60. The molecule has 1 heterocycles. The number of amides is 1. The Morgan fingerprint density at radius 3 is 2.90 bits per heavy atom. The van der Waals surface area contributed by atoms with E-state index in [0.29, 0.717) is 5.25 Å². The molecule has 1 aromatic heterocycles. The lowest BCUT2D eigenvalue weighted by molar-refractivity contribution is -0.126. The average Bonchev–Trinajstić information content (AvgIpc) is 2.74. The Morgan fingerprint density at radius 2 is 2.35 bits per heavy atom. The molecule has 8 heteroatoms. The van der Waals surface area contributed by atoms with E-state index in [1.54, 1.807) is 16.4 Å². The minimum atomic E-state index is -0.601. The normalized spacial score (nSPS) is 26.9. The molecule has 1 fully saturated rings. The molecule has 2 unspecified atom stereocenters. The van der Waals surface area contributed by atoms with Crippen LogP contribution in [-0.4, -0.2) is 42.9 Å². The third kappa shape index (κ3) is 3.29. The largest absolute Gasteiger partial charge is 0.368 e. The number of rotatable bonds is 5. The number of aryl methyl sites for hydroxylation is 1. The molecule has 20 heavy (non-hydrogen) atoms. The number of hydrogen-bond acceptors (Lipinski definition) is 6. The Balaban J connectivity index is 2.09. The summed E-state index contributed by atoms with van der Waals surface area (Å²) >= 11 is 1.62. The van der Waals surface area contributed by atoms with Crippen LogP contribution in [0, 0.1) is 0 Å². The summed E-state index contributed by atoms with van der Waals surface area (Å²) in [6, 6.07) is 0.225. The number of aromatic nitrogens is 4. The van der Waals surface area contributed by atoms with Gasteiger partial charge in [-0.25, -0.2) is 4.68 Å². The molecule has 112 valence electrons. The lowest BCUT2D eigenvalue weighted by Crippen LogP contribution is -2.60. The van der Waals surface area contributed by atoms with Gasteiger partial charge in [0.15, 0.2) is 0 Å². The molecule has 1 saturated carbocycles. The summed E-state index contributed by atoms with van der Waals surface area (Å²) in [5.41, 5.74) is 5.06. The Kier molecular flexibility index (Phi) is 4.64. The second kappa shape index (κ2) is 6.09. The van der Waals surface area contributed by atoms with Crippen LogP contribution in [0.25, 0.3) is 0 Å². The molecule has 3 N–H and O–H groups in total. The molecule has 2 atom stereocenters. The van der Waals surface area contributed by atoms with E-state index >= 15 is 0 Å². The number of hydrogen-bond donors (Lipinski definition) is 2. The zero-order valence-corrected chi connectivity index (χ0v) is 13.0. The summed E-state index contributed by atoms with van der Waals surface area (Å²) in [5.74, 6) is -0.257. The summed E-state index contributed by atoms with van der Waals surface area (Å²) in [6.07, 6.45) is 3.55. The van der Waals surface area contributed by atoms with Gasteiger partial charge in [0.2, 0.25) is 11.1 Å². The van der Waals surface area contributed by atoms with E-state index in [-0.39, 0.29) is 11.9 Å². The van der Waals surface area contributed by atoms with Gasteiger partial charge >= 0.3 is 0 Å². The second-order valence-electron chi connectivity index (χ2n) is 5.67. The highest BCUT2D eigenvalue weighted by atomic mass is 32.2. The number of primary amides is 1. The fraction of sp³-hybridized carbons (Fsp3) is 0.833. The highest BCUT2D eigenvalue weighted by molar-refractivity contribution is 7.99. The van der Waals surface area contributed by atoms with Crippen LogP contribution in [0.3, 0.4) is 0 Å². The molecule has 1 aromatic rings. The molecule has 7 nitrogen and oxygen atoms in total. The monoisotopic (exact) mass is 298 g/mol. The van der Waals surface area contributed by atoms with Gasteiger partial charge in [-0.2, -0.15) is 0 Å². The van der Waals surface area contributed by atoms with Crippen LogP contribution in [0.2, 0.25) is 0 Å². The maximum Gasteiger partial charge on any atom is 0.237 e. The summed E-state index contributed by atoms with van der Waals surface area (Å²) in [4.78, 5) is 11.9. The molecule has 2 rings (SSSR count). The summed E-state index contributed by atoms with van der Waals surface area (Å²) in [7, 11) is 1.82.